The Morgan fingerprint density at radius 2 is 1.93 bits per heavy atom. The topological polar surface area (TPSA) is 37.4 Å². The van der Waals surface area contributed by atoms with Gasteiger partial charge in [0.25, 0.3) is 0 Å². The summed E-state index contributed by atoms with van der Waals surface area (Å²) in [4.78, 5) is 0. The molecule has 90 valence electrons. The lowest BCUT2D eigenvalue weighted by Crippen LogP contribution is -2.43. The molecule has 1 fully saturated rings. The number of nitrogens with zero attached hydrogens (tertiary/aromatic N) is 1. The maximum Gasteiger partial charge on any atom is 0.216 e. The fraction of sp³-hybridized carbons (Fsp3) is 1.00. The summed E-state index contributed by atoms with van der Waals surface area (Å²) in [5.41, 5.74) is 0. The Balaban J connectivity index is 2.88. The minimum Gasteiger partial charge on any atom is -0.212 e. The standard InChI is InChI=1S/C11H23NO2S/c1-4-11-8-6-5-7-9-12(11)15(13,14)10(2)3/h10-11H,4-9H2,1-3H3. The molecule has 15 heavy (non-hydrogen) atoms. The number of rotatable bonds is 3. The lowest BCUT2D eigenvalue weighted by molar-refractivity contribution is 0.312. The van der Waals surface area contributed by atoms with Gasteiger partial charge in [-0.05, 0) is 33.1 Å². The summed E-state index contributed by atoms with van der Waals surface area (Å²) in [5, 5.41) is -0.287. The Bertz CT molecular complexity index is 285. The summed E-state index contributed by atoms with van der Waals surface area (Å²) in [5.74, 6) is 0. The third-order valence-corrected chi connectivity index (χ3v) is 5.54. The highest BCUT2D eigenvalue weighted by Gasteiger charge is 2.31. The lowest BCUT2D eigenvalue weighted by Gasteiger charge is -2.29. The van der Waals surface area contributed by atoms with Crippen molar-refractivity contribution in [3.63, 3.8) is 0 Å². The first-order valence-electron chi connectivity index (χ1n) is 6.00. The van der Waals surface area contributed by atoms with Crippen molar-refractivity contribution in [3.8, 4) is 0 Å². The first-order valence-corrected chi connectivity index (χ1v) is 7.51. The zero-order valence-electron chi connectivity index (χ0n) is 10.1. The summed E-state index contributed by atoms with van der Waals surface area (Å²) < 4.78 is 26.0. The minimum absolute atomic E-state index is 0.236. The van der Waals surface area contributed by atoms with Crippen LogP contribution in [0.1, 0.15) is 52.9 Å². The average molecular weight is 233 g/mol. The molecule has 1 aliphatic rings. The van der Waals surface area contributed by atoms with Crippen molar-refractivity contribution < 1.29 is 8.42 Å². The van der Waals surface area contributed by atoms with Crippen molar-refractivity contribution in [2.75, 3.05) is 6.54 Å². The van der Waals surface area contributed by atoms with E-state index in [2.05, 4.69) is 6.92 Å². The highest BCUT2D eigenvalue weighted by Crippen LogP contribution is 2.23. The van der Waals surface area contributed by atoms with E-state index in [4.69, 9.17) is 0 Å². The molecule has 3 nitrogen and oxygen atoms in total. The Hall–Kier alpha value is -0.0900. The molecule has 1 rings (SSSR count). The highest BCUT2D eigenvalue weighted by atomic mass is 32.2. The summed E-state index contributed by atoms with van der Waals surface area (Å²) in [6.07, 6.45) is 5.32. The molecule has 0 N–H and O–H groups in total. The normalized spacial score (nSPS) is 25.5. The second-order valence-electron chi connectivity index (χ2n) is 4.62. The molecule has 0 aromatic carbocycles. The predicted molar refractivity (Wildman–Crippen MR) is 63.3 cm³/mol. The molecule has 0 aromatic rings. The Morgan fingerprint density at radius 3 is 2.47 bits per heavy atom. The van der Waals surface area contributed by atoms with Crippen LogP contribution in [-0.4, -0.2) is 30.6 Å². The van der Waals surface area contributed by atoms with Gasteiger partial charge in [-0.15, -0.1) is 0 Å². The number of hydrogen-bond acceptors (Lipinski definition) is 2. The Morgan fingerprint density at radius 1 is 1.27 bits per heavy atom. The van der Waals surface area contributed by atoms with Crippen molar-refractivity contribution in [2.45, 2.75) is 64.2 Å². The van der Waals surface area contributed by atoms with Gasteiger partial charge in [0, 0.05) is 12.6 Å². The van der Waals surface area contributed by atoms with Crippen LogP contribution in [0.15, 0.2) is 0 Å². The first kappa shape index (κ1) is 13.0. The summed E-state index contributed by atoms with van der Waals surface area (Å²) in [7, 11) is -3.05. The zero-order valence-corrected chi connectivity index (χ0v) is 10.9. The van der Waals surface area contributed by atoms with Crippen LogP contribution in [0.2, 0.25) is 0 Å². The smallest absolute Gasteiger partial charge is 0.212 e. The average Bonchev–Trinajstić information content (AvgIpc) is 2.41. The van der Waals surface area contributed by atoms with Crippen LogP contribution in [0.4, 0.5) is 0 Å². The molecule has 1 saturated heterocycles. The van der Waals surface area contributed by atoms with E-state index in [1.165, 1.54) is 12.8 Å². The fourth-order valence-corrected chi connectivity index (χ4v) is 3.76. The van der Waals surface area contributed by atoms with Gasteiger partial charge >= 0.3 is 0 Å². The minimum atomic E-state index is -3.05. The second-order valence-corrected chi connectivity index (χ2v) is 7.06. The van der Waals surface area contributed by atoms with Crippen LogP contribution < -0.4 is 0 Å². The molecule has 0 amide bonds. The molecule has 1 aliphatic heterocycles. The second kappa shape index (κ2) is 5.30. The van der Waals surface area contributed by atoms with Crippen LogP contribution in [0.25, 0.3) is 0 Å². The maximum absolute atomic E-state index is 12.1. The van der Waals surface area contributed by atoms with Crippen molar-refractivity contribution in [2.24, 2.45) is 0 Å². The van der Waals surface area contributed by atoms with Crippen LogP contribution in [0.5, 0.6) is 0 Å². The SMILES string of the molecule is CCC1CCCCCN1S(=O)(=O)C(C)C. The van der Waals surface area contributed by atoms with Gasteiger partial charge in [-0.25, -0.2) is 8.42 Å². The lowest BCUT2D eigenvalue weighted by atomic mass is 10.1. The van der Waals surface area contributed by atoms with Crippen molar-refractivity contribution in [3.05, 3.63) is 0 Å². The van der Waals surface area contributed by atoms with Gasteiger partial charge < -0.3 is 0 Å². The molecule has 0 radical (unpaired) electrons. The molecule has 0 saturated carbocycles. The monoisotopic (exact) mass is 233 g/mol. The van der Waals surface area contributed by atoms with E-state index in [1.54, 1.807) is 18.2 Å². The van der Waals surface area contributed by atoms with Gasteiger partial charge in [0.1, 0.15) is 0 Å². The van der Waals surface area contributed by atoms with E-state index in [9.17, 15) is 8.42 Å². The van der Waals surface area contributed by atoms with Gasteiger partial charge in [-0.2, -0.15) is 4.31 Å². The van der Waals surface area contributed by atoms with Gasteiger partial charge in [-0.1, -0.05) is 19.8 Å². The molecule has 1 unspecified atom stereocenters. The van der Waals surface area contributed by atoms with E-state index < -0.39 is 10.0 Å². The molecule has 0 spiro atoms. The Labute approximate surface area is 93.9 Å². The van der Waals surface area contributed by atoms with Crippen molar-refractivity contribution >= 4 is 10.0 Å². The van der Waals surface area contributed by atoms with Crippen molar-refractivity contribution in [1.29, 1.82) is 0 Å². The quantitative estimate of drug-likeness (QED) is 0.750. The molecule has 0 aromatic heterocycles. The van der Waals surface area contributed by atoms with Crippen LogP contribution in [0, 0.1) is 0 Å². The zero-order chi connectivity index (χ0) is 11.5. The molecule has 1 atom stereocenters. The first-order chi connectivity index (χ1) is 7.00. The molecular weight excluding hydrogens is 210 g/mol. The Kier molecular flexibility index (Phi) is 4.59. The van der Waals surface area contributed by atoms with Crippen LogP contribution in [-0.2, 0) is 10.0 Å². The number of sulfonamides is 1. The van der Waals surface area contributed by atoms with E-state index >= 15 is 0 Å². The van der Waals surface area contributed by atoms with E-state index in [1.807, 2.05) is 0 Å². The largest absolute Gasteiger partial charge is 0.216 e. The van der Waals surface area contributed by atoms with Gasteiger partial charge in [0.05, 0.1) is 5.25 Å². The van der Waals surface area contributed by atoms with Crippen molar-refractivity contribution in [1.82, 2.24) is 4.31 Å². The fourth-order valence-electron chi connectivity index (χ4n) is 2.16. The highest BCUT2D eigenvalue weighted by molar-refractivity contribution is 7.89. The van der Waals surface area contributed by atoms with E-state index in [0.29, 0.717) is 0 Å². The van der Waals surface area contributed by atoms with Crippen LogP contribution >= 0.6 is 0 Å². The molecule has 1 heterocycles. The summed E-state index contributed by atoms with van der Waals surface area (Å²) in [6.45, 7) is 6.34. The van der Waals surface area contributed by atoms with E-state index in [0.717, 1.165) is 25.8 Å². The maximum atomic E-state index is 12.1. The third-order valence-electron chi connectivity index (χ3n) is 3.22. The molecule has 0 aliphatic carbocycles. The number of hydrogen-bond donors (Lipinski definition) is 0. The summed E-state index contributed by atoms with van der Waals surface area (Å²) >= 11 is 0. The molecule has 4 heteroatoms. The van der Waals surface area contributed by atoms with Gasteiger partial charge in [0.15, 0.2) is 0 Å². The van der Waals surface area contributed by atoms with Gasteiger partial charge in [-0.3, -0.25) is 0 Å². The molecule has 0 bridgehead atoms. The molecular formula is C11H23NO2S. The van der Waals surface area contributed by atoms with E-state index in [-0.39, 0.29) is 11.3 Å². The third kappa shape index (κ3) is 2.94. The predicted octanol–water partition coefficient (Wildman–Crippen LogP) is 2.38. The summed E-state index contributed by atoms with van der Waals surface area (Å²) in [6, 6.07) is 0.236. The van der Waals surface area contributed by atoms with Gasteiger partial charge in [0.2, 0.25) is 10.0 Å². The van der Waals surface area contributed by atoms with Crippen LogP contribution in [0.3, 0.4) is 0 Å².